The molecular weight excluding hydrogens is 340 g/mol. The molecule has 0 saturated carbocycles. The molecule has 1 amide bonds. The number of carbonyl (C=O) groups excluding carboxylic acids is 2. The molecule has 1 aromatic heterocycles. The number of hydrogen-bond donors (Lipinski definition) is 0. The van der Waals surface area contributed by atoms with Crippen LogP contribution in [0.15, 0.2) is 24.3 Å². The molecule has 1 aliphatic carbocycles. The first-order valence-corrected chi connectivity index (χ1v) is 10.1. The number of nitrogens with zero attached hydrogens (tertiary/aromatic N) is 2. The van der Waals surface area contributed by atoms with Gasteiger partial charge in [-0.2, -0.15) is 0 Å². The highest BCUT2D eigenvalue weighted by atomic mass is 16.5. The number of hydrogen-bond acceptors (Lipinski definition) is 4. The van der Waals surface area contributed by atoms with Crippen LogP contribution in [0.1, 0.15) is 60.6 Å². The van der Waals surface area contributed by atoms with Gasteiger partial charge in [0.2, 0.25) is 0 Å². The molecule has 1 aliphatic heterocycles. The molecule has 5 heteroatoms. The minimum Gasteiger partial charge on any atom is -0.452 e. The van der Waals surface area contributed by atoms with Gasteiger partial charge in [-0.05, 0) is 56.6 Å². The van der Waals surface area contributed by atoms with Crippen molar-refractivity contribution in [3.63, 3.8) is 0 Å². The first-order valence-electron chi connectivity index (χ1n) is 10.1. The molecule has 5 nitrogen and oxygen atoms in total. The fourth-order valence-electron chi connectivity index (χ4n) is 4.48. The zero-order valence-electron chi connectivity index (χ0n) is 15.9. The van der Waals surface area contributed by atoms with Crippen LogP contribution in [-0.4, -0.2) is 41.0 Å². The summed E-state index contributed by atoms with van der Waals surface area (Å²) in [5, 5.41) is 0.819. The van der Waals surface area contributed by atoms with Crippen molar-refractivity contribution in [1.82, 2.24) is 9.88 Å². The van der Waals surface area contributed by atoms with Crippen LogP contribution in [-0.2, 0) is 22.4 Å². The van der Waals surface area contributed by atoms with Crippen molar-refractivity contribution >= 4 is 22.8 Å². The standard InChI is InChI=1S/C22H26N2O3/c1-2-15-8-5-6-13-24(15)20(25)14-27-22(26)21-16-9-3-4-11-18(16)23-19-12-7-10-17(19)21/h3-4,9,11,15H,2,5-8,10,12-14H2,1H3/t15-/m1/s1. The molecule has 2 aliphatic rings. The normalized spacial score (nSPS) is 19.1. The topological polar surface area (TPSA) is 59.5 Å². The van der Waals surface area contributed by atoms with Crippen molar-refractivity contribution in [2.45, 2.75) is 57.9 Å². The van der Waals surface area contributed by atoms with Crippen LogP contribution in [0.3, 0.4) is 0 Å². The lowest BCUT2D eigenvalue weighted by molar-refractivity contribution is -0.138. The molecular formula is C22H26N2O3. The third-order valence-corrected chi connectivity index (χ3v) is 5.87. The van der Waals surface area contributed by atoms with Crippen LogP contribution in [0, 0.1) is 0 Å². The minimum absolute atomic E-state index is 0.0788. The average molecular weight is 366 g/mol. The monoisotopic (exact) mass is 366 g/mol. The maximum atomic E-state index is 12.9. The van der Waals surface area contributed by atoms with Gasteiger partial charge in [0.15, 0.2) is 6.61 Å². The molecule has 0 bridgehead atoms. The van der Waals surface area contributed by atoms with Gasteiger partial charge in [0.25, 0.3) is 5.91 Å². The van der Waals surface area contributed by atoms with Crippen LogP contribution in [0.2, 0.25) is 0 Å². The Hall–Kier alpha value is -2.43. The van der Waals surface area contributed by atoms with Crippen molar-refractivity contribution in [1.29, 1.82) is 0 Å². The summed E-state index contributed by atoms with van der Waals surface area (Å²) in [6.45, 7) is 2.69. The van der Waals surface area contributed by atoms with E-state index in [4.69, 9.17) is 9.72 Å². The summed E-state index contributed by atoms with van der Waals surface area (Å²) in [6.07, 6.45) is 6.92. The highest BCUT2D eigenvalue weighted by Crippen LogP contribution is 2.30. The zero-order valence-corrected chi connectivity index (χ0v) is 15.9. The lowest BCUT2D eigenvalue weighted by Gasteiger charge is -2.35. The van der Waals surface area contributed by atoms with Crippen LogP contribution < -0.4 is 0 Å². The number of likely N-dealkylation sites (tertiary alicyclic amines) is 1. The van der Waals surface area contributed by atoms with Crippen LogP contribution in [0.4, 0.5) is 0 Å². The number of aromatic nitrogens is 1. The van der Waals surface area contributed by atoms with Crippen LogP contribution in [0.5, 0.6) is 0 Å². The van der Waals surface area contributed by atoms with Crippen molar-refractivity contribution in [3.05, 3.63) is 41.1 Å². The first kappa shape index (κ1) is 18.0. The number of amides is 1. The highest BCUT2D eigenvalue weighted by Gasteiger charge is 2.28. The number of para-hydroxylation sites is 1. The van der Waals surface area contributed by atoms with Gasteiger partial charge in [0, 0.05) is 23.7 Å². The summed E-state index contributed by atoms with van der Waals surface area (Å²) in [6, 6.07) is 7.95. The van der Waals surface area contributed by atoms with E-state index in [9.17, 15) is 9.59 Å². The third kappa shape index (κ3) is 3.43. The molecule has 1 saturated heterocycles. The Kier molecular flexibility index (Phi) is 5.10. The van der Waals surface area contributed by atoms with E-state index in [2.05, 4.69) is 6.92 Å². The number of benzene rings is 1. The Morgan fingerprint density at radius 3 is 2.89 bits per heavy atom. The van der Waals surface area contributed by atoms with Gasteiger partial charge >= 0.3 is 5.97 Å². The zero-order chi connectivity index (χ0) is 18.8. The molecule has 0 unspecified atom stereocenters. The van der Waals surface area contributed by atoms with Crippen molar-refractivity contribution in [3.8, 4) is 0 Å². The van der Waals surface area contributed by atoms with E-state index in [1.54, 1.807) is 0 Å². The summed E-state index contributed by atoms with van der Waals surface area (Å²) < 4.78 is 5.51. The smallest absolute Gasteiger partial charge is 0.339 e. The minimum atomic E-state index is -0.398. The van der Waals surface area contributed by atoms with Gasteiger partial charge in [-0.3, -0.25) is 9.78 Å². The van der Waals surface area contributed by atoms with Crippen LogP contribution >= 0.6 is 0 Å². The van der Waals surface area contributed by atoms with Gasteiger partial charge in [-0.1, -0.05) is 25.1 Å². The Morgan fingerprint density at radius 1 is 1.19 bits per heavy atom. The quantitative estimate of drug-likeness (QED) is 0.775. The largest absolute Gasteiger partial charge is 0.452 e. The van der Waals surface area contributed by atoms with Crippen molar-refractivity contribution < 1.29 is 14.3 Å². The number of esters is 1. The Balaban J connectivity index is 1.54. The Bertz CT molecular complexity index is 877. The molecule has 2 aromatic rings. The third-order valence-electron chi connectivity index (χ3n) is 5.87. The van der Waals surface area contributed by atoms with Gasteiger partial charge < -0.3 is 9.64 Å². The maximum Gasteiger partial charge on any atom is 0.339 e. The number of pyridine rings is 1. The second-order valence-corrected chi connectivity index (χ2v) is 7.50. The summed E-state index contributed by atoms with van der Waals surface area (Å²) >= 11 is 0. The molecule has 142 valence electrons. The number of ether oxygens (including phenoxy) is 1. The van der Waals surface area contributed by atoms with Crippen molar-refractivity contribution in [2.24, 2.45) is 0 Å². The fourth-order valence-corrected chi connectivity index (χ4v) is 4.48. The van der Waals surface area contributed by atoms with Gasteiger partial charge in [-0.15, -0.1) is 0 Å². The molecule has 2 heterocycles. The van der Waals surface area contributed by atoms with E-state index in [1.807, 2.05) is 29.2 Å². The lowest BCUT2D eigenvalue weighted by Crippen LogP contribution is -2.45. The van der Waals surface area contributed by atoms with E-state index in [0.717, 1.165) is 73.7 Å². The predicted octanol–water partition coefficient (Wildman–Crippen LogP) is 3.67. The number of fused-ring (bicyclic) bond motifs is 2. The molecule has 27 heavy (non-hydrogen) atoms. The van der Waals surface area contributed by atoms with E-state index >= 15 is 0 Å². The second kappa shape index (κ2) is 7.67. The number of carbonyl (C=O) groups is 2. The maximum absolute atomic E-state index is 12.9. The Labute approximate surface area is 159 Å². The summed E-state index contributed by atoms with van der Waals surface area (Å²) in [7, 11) is 0. The van der Waals surface area contributed by atoms with Crippen LogP contribution in [0.25, 0.3) is 10.9 Å². The average Bonchev–Trinajstić information content (AvgIpc) is 3.17. The van der Waals surface area contributed by atoms with E-state index in [1.165, 1.54) is 0 Å². The van der Waals surface area contributed by atoms with Gasteiger partial charge in [0.05, 0.1) is 11.1 Å². The van der Waals surface area contributed by atoms with E-state index in [0.29, 0.717) is 5.56 Å². The molecule has 1 aromatic carbocycles. The second-order valence-electron chi connectivity index (χ2n) is 7.50. The number of rotatable bonds is 4. The van der Waals surface area contributed by atoms with E-state index in [-0.39, 0.29) is 18.6 Å². The SMILES string of the molecule is CC[C@@H]1CCCCN1C(=O)COC(=O)c1c2c(nc3ccccc13)CCC2. The van der Waals surface area contributed by atoms with E-state index < -0.39 is 5.97 Å². The molecule has 4 rings (SSSR count). The Morgan fingerprint density at radius 2 is 2.04 bits per heavy atom. The fraction of sp³-hybridized carbons (Fsp3) is 0.500. The summed E-state index contributed by atoms with van der Waals surface area (Å²) in [5.41, 5.74) is 3.41. The molecule has 0 N–H and O–H groups in total. The number of piperidine rings is 1. The lowest BCUT2D eigenvalue weighted by atomic mass is 10.00. The first-order chi connectivity index (χ1) is 13.2. The summed E-state index contributed by atoms with van der Waals surface area (Å²) in [4.78, 5) is 32.2. The highest BCUT2D eigenvalue weighted by molar-refractivity contribution is 6.05. The number of aryl methyl sites for hydroxylation is 1. The van der Waals surface area contributed by atoms with Gasteiger partial charge in [0.1, 0.15) is 0 Å². The molecule has 0 radical (unpaired) electrons. The predicted molar refractivity (Wildman–Crippen MR) is 104 cm³/mol. The molecule has 1 atom stereocenters. The van der Waals surface area contributed by atoms with Crippen molar-refractivity contribution in [2.75, 3.05) is 13.2 Å². The van der Waals surface area contributed by atoms with Gasteiger partial charge in [-0.25, -0.2) is 4.79 Å². The molecule has 0 spiro atoms. The molecule has 1 fully saturated rings. The summed E-state index contributed by atoms with van der Waals surface area (Å²) in [5.74, 6) is -0.477.